The summed E-state index contributed by atoms with van der Waals surface area (Å²) in [7, 11) is 3.82. The minimum Gasteiger partial charge on any atom is -0.505 e. The van der Waals surface area contributed by atoms with Crippen LogP contribution in [-0.4, -0.2) is 47.6 Å². The molecule has 1 saturated carbocycles. The minimum absolute atomic E-state index is 0.00791. The first-order valence-electron chi connectivity index (χ1n) is 9.85. The molecule has 1 amide bonds. The normalized spacial score (nSPS) is 15.9. The van der Waals surface area contributed by atoms with Gasteiger partial charge in [0.15, 0.2) is 11.6 Å². The predicted octanol–water partition coefficient (Wildman–Crippen LogP) is 3.75. The number of benzene rings is 1. The lowest BCUT2D eigenvalue weighted by atomic mass is 9.91. The number of carbonyl (C=O) groups excluding carboxylic acids is 1. The molecule has 29 heavy (non-hydrogen) atoms. The van der Waals surface area contributed by atoms with Gasteiger partial charge in [0.2, 0.25) is 5.91 Å². The molecule has 1 aliphatic rings. The van der Waals surface area contributed by atoms with Crippen LogP contribution >= 0.6 is 11.6 Å². The predicted molar refractivity (Wildman–Crippen MR) is 112 cm³/mol. The second-order valence-corrected chi connectivity index (χ2v) is 8.30. The Morgan fingerprint density at radius 3 is 2.62 bits per heavy atom. The highest BCUT2D eigenvalue weighted by Crippen LogP contribution is 2.44. The maximum absolute atomic E-state index is 13.9. The van der Waals surface area contributed by atoms with Crippen molar-refractivity contribution < 1.29 is 14.3 Å². The molecule has 0 radical (unpaired) electrons. The van der Waals surface area contributed by atoms with Crippen molar-refractivity contribution in [2.45, 2.75) is 37.6 Å². The summed E-state index contributed by atoms with van der Waals surface area (Å²) in [5, 5.41) is 12.4. The topological polar surface area (TPSA) is 65.5 Å². The molecule has 1 aliphatic carbocycles. The zero-order chi connectivity index (χ0) is 21.0. The van der Waals surface area contributed by atoms with Crippen LogP contribution in [0.2, 0.25) is 5.02 Å². The van der Waals surface area contributed by atoms with E-state index in [1.807, 2.05) is 31.1 Å². The average molecular weight is 420 g/mol. The van der Waals surface area contributed by atoms with Gasteiger partial charge in [0.1, 0.15) is 0 Å². The van der Waals surface area contributed by atoms with Crippen molar-refractivity contribution >= 4 is 17.5 Å². The molecule has 1 aromatic heterocycles. The van der Waals surface area contributed by atoms with Crippen molar-refractivity contribution in [1.82, 2.24) is 15.2 Å². The Morgan fingerprint density at radius 2 is 2.00 bits per heavy atom. The fourth-order valence-electron chi connectivity index (χ4n) is 3.60. The number of aromatic nitrogens is 1. The number of pyridine rings is 1. The fourth-order valence-corrected chi connectivity index (χ4v) is 3.83. The van der Waals surface area contributed by atoms with E-state index in [-0.39, 0.29) is 22.9 Å². The molecular formula is C22H27ClFN3O2. The van der Waals surface area contributed by atoms with E-state index < -0.39 is 11.6 Å². The molecule has 2 N–H and O–H groups in total. The third-order valence-electron chi connectivity index (χ3n) is 5.59. The van der Waals surface area contributed by atoms with Crippen molar-refractivity contribution in [3.8, 4) is 5.75 Å². The zero-order valence-electron chi connectivity index (χ0n) is 16.7. The summed E-state index contributed by atoms with van der Waals surface area (Å²) in [6.45, 7) is 0.429. The number of hydrogen-bond donors (Lipinski definition) is 2. The van der Waals surface area contributed by atoms with Crippen molar-refractivity contribution in [2.75, 3.05) is 20.6 Å². The summed E-state index contributed by atoms with van der Waals surface area (Å²) in [4.78, 5) is 18.7. The summed E-state index contributed by atoms with van der Waals surface area (Å²) in [5.41, 5.74) is 1.76. The number of phenols is 1. The third-order valence-corrected chi connectivity index (χ3v) is 6.00. The smallest absolute Gasteiger partial charge is 0.220 e. The number of aromatic hydroxyl groups is 1. The summed E-state index contributed by atoms with van der Waals surface area (Å²) < 4.78 is 13.9. The molecule has 2 unspecified atom stereocenters. The molecule has 5 nitrogen and oxygen atoms in total. The number of amides is 1. The summed E-state index contributed by atoms with van der Waals surface area (Å²) >= 11 is 6.04. The Labute approximate surface area is 175 Å². The molecule has 156 valence electrons. The van der Waals surface area contributed by atoms with Gasteiger partial charge in [0.05, 0.1) is 5.02 Å². The molecule has 1 fully saturated rings. The SMILES string of the molecule is CN(C)C(CNC(=O)CC(c1ccncc1)C1CC1)Cc1ccc(O)c(F)c1Cl. The molecule has 3 rings (SSSR count). The van der Waals surface area contributed by atoms with Crippen molar-refractivity contribution in [2.24, 2.45) is 5.92 Å². The van der Waals surface area contributed by atoms with Crippen LogP contribution in [0, 0.1) is 11.7 Å². The van der Waals surface area contributed by atoms with Crippen LogP contribution in [0.3, 0.4) is 0 Å². The van der Waals surface area contributed by atoms with E-state index in [4.69, 9.17) is 11.6 Å². The van der Waals surface area contributed by atoms with Gasteiger partial charge in [-0.3, -0.25) is 9.78 Å². The van der Waals surface area contributed by atoms with Crippen LogP contribution in [0.15, 0.2) is 36.7 Å². The maximum atomic E-state index is 13.9. The van der Waals surface area contributed by atoms with Crippen molar-refractivity contribution in [3.05, 3.63) is 58.6 Å². The molecule has 2 atom stereocenters. The summed E-state index contributed by atoms with van der Waals surface area (Å²) in [6, 6.07) is 6.84. The van der Waals surface area contributed by atoms with Gasteiger partial charge in [-0.1, -0.05) is 17.7 Å². The van der Waals surface area contributed by atoms with Crippen LogP contribution < -0.4 is 5.32 Å². The van der Waals surface area contributed by atoms with Crippen molar-refractivity contribution in [1.29, 1.82) is 0 Å². The van der Waals surface area contributed by atoms with Gasteiger partial charge in [-0.15, -0.1) is 0 Å². The molecule has 1 heterocycles. The standard InChI is InChI=1S/C22H27ClFN3O2/c1-27(2)17(11-16-5-6-19(28)22(24)21(16)23)13-26-20(29)12-18(14-3-4-14)15-7-9-25-10-8-15/h5-10,14,17-18,28H,3-4,11-13H2,1-2H3,(H,26,29). The van der Waals surface area contributed by atoms with Crippen LogP contribution in [0.1, 0.15) is 36.3 Å². The number of hydrogen-bond acceptors (Lipinski definition) is 4. The zero-order valence-corrected chi connectivity index (χ0v) is 17.5. The van der Waals surface area contributed by atoms with E-state index in [0.29, 0.717) is 30.9 Å². The molecule has 1 aromatic carbocycles. The number of carbonyl (C=O) groups is 1. The van der Waals surface area contributed by atoms with Gasteiger partial charge in [0.25, 0.3) is 0 Å². The molecule has 0 bridgehead atoms. The number of likely N-dealkylation sites (N-methyl/N-ethyl adjacent to an activating group) is 1. The quantitative estimate of drug-likeness (QED) is 0.649. The number of nitrogens with one attached hydrogen (secondary N) is 1. The van der Waals surface area contributed by atoms with E-state index in [1.165, 1.54) is 6.07 Å². The highest BCUT2D eigenvalue weighted by atomic mass is 35.5. The second-order valence-electron chi connectivity index (χ2n) is 7.93. The van der Waals surface area contributed by atoms with E-state index in [9.17, 15) is 14.3 Å². The van der Waals surface area contributed by atoms with Gasteiger partial charge in [-0.2, -0.15) is 0 Å². The largest absolute Gasteiger partial charge is 0.505 e. The number of phenolic OH excluding ortho intramolecular Hbond substituents is 1. The van der Waals surface area contributed by atoms with Gasteiger partial charge in [-0.25, -0.2) is 4.39 Å². The van der Waals surface area contributed by atoms with Crippen LogP contribution in [0.5, 0.6) is 5.75 Å². The average Bonchev–Trinajstić information content (AvgIpc) is 3.54. The molecule has 7 heteroatoms. The Hall–Kier alpha value is -2.18. The van der Waals surface area contributed by atoms with E-state index >= 15 is 0 Å². The molecule has 0 aliphatic heterocycles. The number of rotatable bonds is 9. The Balaban J connectivity index is 1.60. The Morgan fingerprint density at radius 1 is 1.31 bits per heavy atom. The number of halogens is 2. The monoisotopic (exact) mass is 419 g/mol. The summed E-state index contributed by atoms with van der Waals surface area (Å²) in [6.07, 6.45) is 6.76. The highest BCUT2D eigenvalue weighted by molar-refractivity contribution is 6.31. The van der Waals surface area contributed by atoms with Crippen LogP contribution in [0.4, 0.5) is 4.39 Å². The van der Waals surface area contributed by atoms with Gasteiger partial charge >= 0.3 is 0 Å². The molecular weight excluding hydrogens is 393 g/mol. The van der Waals surface area contributed by atoms with Gasteiger partial charge in [-0.05, 0) is 74.5 Å². The van der Waals surface area contributed by atoms with Crippen LogP contribution in [0.25, 0.3) is 0 Å². The lowest BCUT2D eigenvalue weighted by Gasteiger charge is -2.26. The number of nitrogens with zero attached hydrogens (tertiary/aromatic N) is 2. The lowest BCUT2D eigenvalue weighted by molar-refractivity contribution is -0.121. The van der Waals surface area contributed by atoms with Crippen LogP contribution in [-0.2, 0) is 11.2 Å². The first-order valence-corrected chi connectivity index (χ1v) is 10.2. The van der Waals surface area contributed by atoms with E-state index in [0.717, 1.165) is 18.4 Å². The fraction of sp³-hybridized carbons (Fsp3) is 0.455. The summed E-state index contributed by atoms with van der Waals surface area (Å²) in [5.74, 6) is -0.484. The van der Waals surface area contributed by atoms with Gasteiger partial charge in [0, 0.05) is 31.4 Å². The highest BCUT2D eigenvalue weighted by Gasteiger charge is 2.33. The molecule has 2 aromatic rings. The minimum atomic E-state index is -0.810. The first kappa shape index (κ1) is 21.5. The Kier molecular flexibility index (Phi) is 7.09. The maximum Gasteiger partial charge on any atom is 0.220 e. The van der Waals surface area contributed by atoms with Crippen molar-refractivity contribution in [3.63, 3.8) is 0 Å². The third kappa shape index (κ3) is 5.67. The molecule has 0 spiro atoms. The molecule has 0 saturated heterocycles. The first-order chi connectivity index (χ1) is 13.9. The Bertz CT molecular complexity index is 843. The van der Waals surface area contributed by atoms with Gasteiger partial charge < -0.3 is 15.3 Å². The van der Waals surface area contributed by atoms with E-state index in [2.05, 4.69) is 10.3 Å². The lowest BCUT2D eigenvalue weighted by Crippen LogP contribution is -2.42. The second kappa shape index (κ2) is 9.55. The van der Waals surface area contributed by atoms with E-state index in [1.54, 1.807) is 18.5 Å².